The van der Waals surface area contributed by atoms with Crippen molar-refractivity contribution in [2.45, 2.75) is 6.92 Å². The van der Waals surface area contributed by atoms with Gasteiger partial charge >= 0.3 is 0 Å². The number of para-hydroxylation sites is 1. The molecule has 0 spiro atoms. The molecule has 0 aromatic heterocycles. The average molecular weight is 300 g/mol. The molecule has 0 bridgehead atoms. The van der Waals surface area contributed by atoms with Crippen molar-refractivity contribution in [2.24, 2.45) is 4.99 Å². The third-order valence-corrected chi connectivity index (χ3v) is 3.89. The summed E-state index contributed by atoms with van der Waals surface area (Å²) in [4.78, 5) is 10.5. The van der Waals surface area contributed by atoms with Gasteiger partial charge in [0.15, 0.2) is 11.6 Å². The van der Waals surface area contributed by atoms with Gasteiger partial charge < -0.3 is 4.84 Å². The van der Waals surface area contributed by atoms with Gasteiger partial charge in [0.2, 0.25) is 0 Å². The maximum atomic E-state index is 5.70. The number of hydrogen-bond acceptors (Lipinski definition) is 3. The van der Waals surface area contributed by atoms with Crippen molar-refractivity contribution in [3.8, 4) is 16.9 Å². The number of nitrogens with one attached hydrogen (secondary N) is 1. The fourth-order valence-electron chi connectivity index (χ4n) is 2.64. The highest BCUT2D eigenvalue weighted by molar-refractivity contribution is 6.02. The van der Waals surface area contributed by atoms with Crippen LogP contribution in [0.15, 0.2) is 77.8 Å². The van der Waals surface area contributed by atoms with Crippen LogP contribution in [0.4, 0.5) is 5.69 Å². The van der Waals surface area contributed by atoms with Crippen molar-refractivity contribution in [3.05, 3.63) is 83.9 Å². The van der Waals surface area contributed by atoms with E-state index in [1.807, 2.05) is 42.5 Å². The fourth-order valence-corrected chi connectivity index (χ4v) is 2.64. The third-order valence-electron chi connectivity index (χ3n) is 3.89. The Bertz CT molecular complexity index is 868. The molecule has 1 heterocycles. The standard InChI is InChI=1S/C20H16N2O/c1-14-10-12-16(13-11-14)20-21-19-17(15-6-3-2-4-7-15)8-5-9-18(19)23-22-20/h2-13H,1H3,(H,21,22). The maximum Gasteiger partial charge on any atom is 0.181 e. The van der Waals surface area contributed by atoms with E-state index in [2.05, 4.69) is 42.7 Å². The molecular weight excluding hydrogens is 284 g/mol. The normalized spacial score (nSPS) is 12.7. The molecule has 0 amide bonds. The molecule has 1 aliphatic heterocycles. The van der Waals surface area contributed by atoms with Gasteiger partial charge in [0.25, 0.3) is 0 Å². The van der Waals surface area contributed by atoms with Crippen LogP contribution in [0.2, 0.25) is 0 Å². The van der Waals surface area contributed by atoms with E-state index in [9.17, 15) is 0 Å². The van der Waals surface area contributed by atoms with E-state index in [0.29, 0.717) is 0 Å². The highest BCUT2D eigenvalue weighted by Gasteiger charge is 2.18. The van der Waals surface area contributed by atoms with E-state index >= 15 is 0 Å². The first kappa shape index (κ1) is 13.6. The second kappa shape index (κ2) is 5.61. The minimum atomic E-state index is 0.723. The predicted molar refractivity (Wildman–Crippen MR) is 93.0 cm³/mol. The molecule has 3 aromatic carbocycles. The smallest absolute Gasteiger partial charge is 0.181 e. The van der Waals surface area contributed by atoms with E-state index in [1.165, 1.54) is 5.56 Å². The first-order valence-electron chi connectivity index (χ1n) is 7.58. The summed E-state index contributed by atoms with van der Waals surface area (Å²) in [6.45, 7) is 2.07. The summed E-state index contributed by atoms with van der Waals surface area (Å²) in [6, 6.07) is 24.4. The highest BCUT2D eigenvalue weighted by Crippen LogP contribution is 2.39. The first-order valence-corrected chi connectivity index (χ1v) is 7.58. The Morgan fingerprint density at radius 1 is 0.783 bits per heavy atom. The summed E-state index contributed by atoms with van der Waals surface area (Å²) in [5, 5.41) is 0. The summed E-state index contributed by atoms with van der Waals surface area (Å²) in [5.41, 5.74) is 8.21. The lowest BCUT2D eigenvalue weighted by molar-refractivity contribution is 0.259. The molecule has 0 saturated carbocycles. The zero-order valence-electron chi connectivity index (χ0n) is 12.8. The summed E-state index contributed by atoms with van der Waals surface area (Å²) in [6.07, 6.45) is 0. The van der Waals surface area contributed by atoms with Gasteiger partial charge in [0, 0.05) is 11.1 Å². The van der Waals surface area contributed by atoms with Crippen molar-refractivity contribution in [1.29, 1.82) is 0 Å². The van der Waals surface area contributed by atoms with E-state index in [4.69, 9.17) is 9.83 Å². The van der Waals surface area contributed by atoms with Gasteiger partial charge in [-0.15, -0.1) is 0 Å². The zero-order chi connectivity index (χ0) is 15.6. The molecule has 0 atom stereocenters. The lowest BCUT2D eigenvalue weighted by atomic mass is 10.0. The number of hydrogen-bond donors (Lipinski definition) is 1. The van der Waals surface area contributed by atoms with Crippen LogP contribution in [0.5, 0.6) is 5.75 Å². The SMILES string of the molecule is Cc1ccc(C2=Nc3c(cccc3-c3ccccc3)ON2)cc1. The van der Waals surface area contributed by atoms with Gasteiger partial charge in [-0.3, -0.25) is 0 Å². The van der Waals surface area contributed by atoms with Crippen LogP contribution in [0, 0.1) is 6.92 Å². The molecule has 3 heteroatoms. The van der Waals surface area contributed by atoms with Gasteiger partial charge in [-0.1, -0.05) is 72.3 Å². The van der Waals surface area contributed by atoms with Crippen molar-refractivity contribution < 1.29 is 4.84 Å². The summed E-state index contributed by atoms with van der Waals surface area (Å²) < 4.78 is 0. The van der Waals surface area contributed by atoms with E-state index < -0.39 is 0 Å². The van der Waals surface area contributed by atoms with Gasteiger partial charge in [-0.05, 0) is 18.6 Å². The molecule has 23 heavy (non-hydrogen) atoms. The first-order chi connectivity index (χ1) is 11.3. The number of rotatable bonds is 2. The van der Waals surface area contributed by atoms with Gasteiger partial charge in [-0.2, -0.15) is 0 Å². The number of hydroxylamine groups is 1. The van der Waals surface area contributed by atoms with Gasteiger partial charge in [0.05, 0.1) is 0 Å². The Morgan fingerprint density at radius 2 is 1.57 bits per heavy atom. The van der Waals surface area contributed by atoms with Crippen LogP contribution >= 0.6 is 0 Å². The minimum Gasteiger partial charge on any atom is -0.378 e. The van der Waals surface area contributed by atoms with Crippen LogP contribution in [-0.2, 0) is 0 Å². The number of aliphatic imine (C=N–C) groups is 1. The largest absolute Gasteiger partial charge is 0.378 e. The Morgan fingerprint density at radius 3 is 2.35 bits per heavy atom. The van der Waals surface area contributed by atoms with Crippen molar-refractivity contribution in [1.82, 2.24) is 5.48 Å². The Kier molecular flexibility index (Phi) is 3.31. The van der Waals surface area contributed by atoms with E-state index in [1.54, 1.807) is 0 Å². The van der Waals surface area contributed by atoms with Crippen LogP contribution in [0.25, 0.3) is 11.1 Å². The van der Waals surface area contributed by atoms with Crippen molar-refractivity contribution in [2.75, 3.05) is 0 Å². The number of benzene rings is 3. The average Bonchev–Trinajstić information content (AvgIpc) is 2.62. The molecule has 3 aromatic rings. The van der Waals surface area contributed by atoms with Gasteiger partial charge in [0.1, 0.15) is 5.69 Å². The van der Waals surface area contributed by atoms with Crippen LogP contribution in [0.1, 0.15) is 11.1 Å². The summed E-state index contributed by atoms with van der Waals surface area (Å²) in [5.74, 6) is 1.46. The molecule has 1 aliphatic rings. The Balaban J connectivity index is 1.83. The summed E-state index contributed by atoms with van der Waals surface area (Å²) in [7, 11) is 0. The molecule has 1 N–H and O–H groups in total. The minimum absolute atomic E-state index is 0.723. The lowest BCUT2D eigenvalue weighted by Crippen LogP contribution is -2.30. The zero-order valence-corrected chi connectivity index (χ0v) is 12.8. The predicted octanol–water partition coefficient (Wildman–Crippen LogP) is 4.64. The summed E-state index contributed by atoms with van der Waals surface area (Å²) >= 11 is 0. The molecular formula is C20H16N2O. The Labute approximate surface area is 135 Å². The second-order valence-corrected chi connectivity index (χ2v) is 5.55. The maximum absolute atomic E-state index is 5.70. The molecule has 0 saturated heterocycles. The van der Waals surface area contributed by atoms with E-state index in [-0.39, 0.29) is 0 Å². The van der Waals surface area contributed by atoms with Gasteiger partial charge in [-0.25, -0.2) is 10.5 Å². The number of aryl methyl sites for hydroxylation is 1. The second-order valence-electron chi connectivity index (χ2n) is 5.55. The number of nitrogens with zero attached hydrogens (tertiary/aromatic N) is 1. The topological polar surface area (TPSA) is 33.6 Å². The number of amidine groups is 1. The molecule has 0 aliphatic carbocycles. The van der Waals surface area contributed by atoms with Crippen LogP contribution in [0.3, 0.4) is 0 Å². The van der Waals surface area contributed by atoms with Crippen molar-refractivity contribution >= 4 is 11.5 Å². The van der Waals surface area contributed by atoms with Crippen LogP contribution in [-0.4, -0.2) is 5.84 Å². The monoisotopic (exact) mass is 300 g/mol. The molecule has 3 nitrogen and oxygen atoms in total. The third kappa shape index (κ3) is 2.57. The quantitative estimate of drug-likeness (QED) is 0.748. The number of fused-ring (bicyclic) bond motifs is 1. The Hall–Kier alpha value is -3.07. The molecule has 0 fully saturated rings. The molecule has 4 rings (SSSR count). The molecule has 0 radical (unpaired) electrons. The van der Waals surface area contributed by atoms with Crippen LogP contribution < -0.4 is 10.3 Å². The van der Waals surface area contributed by atoms with E-state index in [0.717, 1.165) is 34.0 Å². The fraction of sp³-hybridized carbons (Fsp3) is 0.0500. The molecule has 0 unspecified atom stereocenters. The lowest BCUT2D eigenvalue weighted by Gasteiger charge is -2.20. The highest BCUT2D eigenvalue weighted by atomic mass is 16.6. The van der Waals surface area contributed by atoms with Crippen molar-refractivity contribution in [3.63, 3.8) is 0 Å². The molecule has 112 valence electrons.